The second-order valence-electron chi connectivity index (χ2n) is 13.3. The highest BCUT2D eigenvalue weighted by molar-refractivity contribution is 5.67. The lowest BCUT2D eigenvalue weighted by Crippen LogP contribution is -2.29. The molecule has 1 saturated heterocycles. The lowest BCUT2D eigenvalue weighted by molar-refractivity contribution is -0.0132. The minimum Gasteiger partial charge on any atom is -0.388 e. The molecule has 43 heavy (non-hydrogen) atoms. The molecule has 0 spiro atoms. The Kier molecular flexibility index (Phi) is 9.61. The summed E-state index contributed by atoms with van der Waals surface area (Å²) in [4.78, 5) is 0. The van der Waals surface area contributed by atoms with E-state index in [0.717, 1.165) is 82.8 Å². The Morgan fingerprint density at radius 2 is 1.51 bits per heavy atom. The van der Waals surface area contributed by atoms with Crippen LogP contribution in [0.3, 0.4) is 0 Å². The van der Waals surface area contributed by atoms with Gasteiger partial charge in [-0.3, -0.25) is 0 Å². The molecule has 0 amide bonds. The molecule has 3 nitrogen and oxygen atoms in total. The van der Waals surface area contributed by atoms with Gasteiger partial charge in [0.1, 0.15) is 6.10 Å². The van der Waals surface area contributed by atoms with E-state index in [9.17, 15) is 22.7 Å². The fourth-order valence-electron chi connectivity index (χ4n) is 7.83. The van der Waals surface area contributed by atoms with Crippen LogP contribution in [-0.4, -0.2) is 24.4 Å². The molecule has 3 unspecified atom stereocenters. The smallest absolute Gasteiger partial charge is 0.166 e. The van der Waals surface area contributed by atoms with Crippen LogP contribution in [0.2, 0.25) is 0 Å². The van der Waals surface area contributed by atoms with Crippen LogP contribution in [-0.2, 0) is 9.47 Å². The van der Waals surface area contributed by atoms with Crippen LogP contribution in [0.25, 0.3) is 5.57 Å². The molecule has 7 heteroatoms. The zero-order valence-corrected chi connectivity index (χ0v) is 25.1. The van der Waals surface area contributed by atoms with Crippen molar-refractivity contribution in [3.05, 3.63) is 75.9 Å². The van der Waals surface area contributed by atoms with Crippen molar-refractivity contribution in [3.63, 3.8) is 0 Å². The standard InChI is InChI=1S/C36H44F4O3/c1-2-31(41)29-17-15-27(33(37)35(29)39)24-5-3-21(4-6-24)19-42-26-13-11-23(12-14-26)22-7-9-25(10-8-22)28-16-18-30(32-20-43-32)36(40)34(28)38/h9,15-18,21-24,26,31-32,41H,2-8,10-14,19-20H2,1H3. The van der Waals surface area contributed by atoms with E-state index in [1.54, 1.807) is 31.2 Å². The number of aliphatic hydroxyl groups excluding tert-OH is 1. The maximum Gasteiger partial charge on any atom is 0.166 e. The van der Waals surface area contributed by atoms with Crippen molar-refractivity contribution < 1.29 is 32.1 Å². The van der Waals surface area contributed by atoms with E-state index in [2.05, 4.69) is 6.08 Å². The number of hydrogen-bond donors (Lipinski definition) is 1. The molecule has 1 aliphatic heterocycles. The average Bonchev–Trinajstić information content (AvgIpc) is 3.89. The number of rotatable bonds is 9. The van der Waals surface area contributed by atoms with Crippen molar-refractivity contribution in [2.75, 3.05) is 13.2 Å². The Morgan fingerprint density at radius 1 is 0.814 bits per heavy atom. The SMILES string of the molecule is CCC(O)c1ccc(C2CCC(COC3CCC(C4CC=C(c5ccc(C6CO6)c(F)c5F)CC4)CC3)CC2)c(F)c1F. The Morgan fingerprint density at radius 3 is 2.16 bits per heavy atom. The van der Waals surface area contributed by atoms with E-state index in [-0.39, 0.29) is 23.7 Å². The first kappa shape index (κ1) is 30.8. The molecule has 1 N–H and O–H groups in total. The van der Waals surface area contributed by atoms with Crippen LogP contribution in [0.4, 0.5) is 17.6 Å². The highest BCUT2D eigenvalue weighted by atomic mass is 19.2. The summed E-state index contributed by atoms with van der Waals surface area (Å²) in [5.74, 6) is -1.54. The summed E-state index contributed by atoms with van der Waals surface area (Å²) in [5.41, 5.74) is 2.12. The van der Waals surface area contributed by atoms with Gasteiger partial charge in [-0.1, -0.05) is 37.3 Å². The van der Waals surface area contributed by atoms with Crippen LogP contribution >= 0.6 is 0 Å². The molecule has 3 fully saturated rings. The number of benzene rings is 2. The number of allylic oxidation sites excluding steroid dienone is 2. The van der Waals surface area contributed by atoms with E-state index >= 15 is 0 Å². The maximum absolute atomic E-state index is 14.8. The van der Waals surface area contributed by atoms with Crippen LogP contribution in [0.15, 0.2) is 30.3 Å². The van der Waals surface area contributed by atoms with E-state index in [1.807, 2.05) is 0 Å². The molecular weight excluding hydrogens is 556 g/mol. The molecular formula is C36H44F4O3. The monoisotopic (exact) mass is 600 g/mol. The van der Waals surface area contributed by atoms with Crippen molar-refractivity contribution in [3.8, 4) is 0 Å². The van der Waals surface area contributed by atoms with Crippen LogP contribution in [0.1, 0.15) is 124 Å². The van der Waals surface area contributed by atoms with Gasteiger partial charge in [0.15, 0.2) is 23.3 Å². The van der Waals surface area contributed by atoms with Gasteiger partial charge in [0, 0.05) is 23.3 Å². The molecule has 2 saturated carbocycles. The first-order chi connectivity index (χ1) is 20.8. The molecule has 3 aliphatic carbocycles. The third kappa shape index (κ3) is 6.74. The molecule has 3 atom stereocenters. The third-order valence-corrected chi connectivity index (χ3v) is 10.7. The largest absolute Gasteiger partial charge is 0.388 e. The van der Waals surface area contributed by atoms with Gasteiger partial charge in [-0.15, -0.1) is 0 Å². The average molecular weight is 601 g/mol. The predicted octanol–water partition coefficient (Wildman–Crippen LogP) is 9.49. The lowest BCUT2D eigenvalue weighted by atomic mass is 9.72. The molecule has 0 radical (unpaired) electrons. The second-order valence-corrected chi connectivity index (χ2v) is 13.3. The minimum absolute atomic E-state index is 0.00582. The number of ether oxygens (including phenoxy) is 2. The first-order valence-corrected chi connectivity index (χ1v) is 16.4. The molecule has 4 aliphatic rings. The maximum atomic E-state index is 14.8. The topological polar surface area (TPSA) is 42.0 Å². The quantitative estimate of drug-likeness (QED) is 0.230. The van der Waals surface area contributed by atoms with Crippen LogP contribution in [0.5, 0.6) is 0 Å². The normalized spacial score (nSPS) is 30.1. The molecule has 1 heterocycles. The molecule has 2 aromatic carbocycles. The summed E-state index contributed by atoms with van der Waals surface area (Å²) >= 11 is 0. The van der Waals surface area contributed by atoms with Gasteiger partial charge in [0.2, 0.25) is 0 Å². The Balaban J connectivity index is 0.928. The zero-order chi connectivity index (χ0) is 30.1. The van der Waals surface area contributed by atoms with E-state index in [1.165, 1.54) is 0 Å². The van der Waals surface area contributed by atoms with E-state index < -0.39 is 29.4 Å². The first-order valence-electron chi connectivity index (χ1n) is 16.4. The highest BCUT2D eigenvalue weighted by Crippen LogP contribution is 2.43. The number of epoxide rings is 1. The summed E-state index contributed by atoms with van der Waals surface area (Å²) < 4.78 is 70.2. The number of hydrogen-bond acceptors (Lipinski definition) is 3. The van der Waals surface area contributed by atoms with Gasteiger partial charge in [0.05, 0.1) is 18.8 Å². The summed E-state index contributed by atoms with van der Waals surface area (Å²) in [7, 11) is 0. The number of halogens is 4. The van der Waals surface area contributed by atoms with Crippen LogP contribution in [0, 0.1) is 41.0 Å². The molecule has 0 bridgehead atoms. The minimum atomic E-state index is -0.978. The Hall–Kier alpha value is -2.22. The van der Waals surface area contributed by atoms with Gasteiger partial charge in [-0.05, 0) is 112 Å². The van der Waals surface area contributed by atoms with Gasteiger partial charge in [-0.25, -0.2) is 17.6 Å². The second kappa shape index (κ2) is 13.4. The zero-order valence-electron chi connectivity index (χ0n) is 25.1. The van der Waals surface area contributed by atoms with E-state index in [0.29, 0.717) is 47.5 Å². The van der Waals surface area contributed by atoms with Gasteiger partial charge in [0.25, 0.3) is 0 Å². The molecule has 2 aromatic rings. The molecule has 6 rings (SSSR count). The molecule has 0 aromatic heterocycles. The Bertz CT molecular complexity index is 1310. The van der Waals surface area contributed by atoms with Crippen molar-refractivity contribution in [1.82, 2.24) is 0 Å². The Labute approximate surface area is 252 Å². The van der Waals surface area contributed by atoms with Gasteiger partial charge in [-0.2, -0.15) is 0 Å². The van der Waals surface area contributed by atoms with Crippen molar-refractivity contribution in [2.24, 2.45) is 17.8 Å². The summed E-state index contributed by atoms with van der Waals surface area (Å²) in [6.45, 7) is 2.93. The van der Waals surface area contributed by atoms with Crippen molar-refractivity contribution >= 4 is 5.57 Å². The highest BCUT2D eigenvalue weighted by Gasteiger charge is 2.33. The summed E-state index contributed by atoms with van der Waals surface area (Å²) in [6.07, 6.45) is 12.1. The van der Waals surface area contributed by atoms with Crippen molar-refractivity contribution in [2.45, 2.75) is 108 Å². The van der Waals surface area contributed by atoms with Crippen molar-refractivity contribution in [1.29, 1.82) is 0 Å². The fraction of sp³-hybridized carbons (Fsp3) is 0.611. The predicted molar refractivity (Wildman–Crippen MR) is 158 cm³/mol. The third-order valence-electron chi connectivity index (χ3n) is 10.7. The summed E-state index contributed by atoms with van der Waals surface area (Å²) in [6, 6.07) is 6.59. The van der Waals surface area contributed by atoms with Gasteiger partial charge >= 0.3 is 0 Å². The molecule has 234 valence electrons. The fourth-order valence-corrected chi connectivity index (χ4v) is 7.83. The summed E-state index contributed by atoms with van der Waals surface area (Å²) in [5, 5.41) is 9.96. The van der Waals surface area contributed by atoms with E-state index in [4.69, 9.17) is 9.47 Å². The lowest BCUT2D eigenvalue weighted by Gasteiger charge is -2.36. The number of aliphatic hydroxyl groups is 1. The van der Waals surface area contributed by atoms with Gasteiger partial charge < -0.3 is 14.6 Å². The van der Waals surface area contributed by atoms with Crippen LogP contribution < -0.4 is 0 Å².